The lowest BCUT2D eigenvalue weighted by Gasteiger charge is -2.20. The van der Waals surface area contributed by atoms with Crippen molar-refractivity contribution in [2.45, 2.75) is 32.2 Å². The Bertz CT molecular complexity index is 481. The molecule has 0 amide bonds. The van der Waals surface area contributed by atoms with E-state index in [9.17, 15) is 0 Å². The van der Waals surface area contributed by atoms with Crippen LogP contribution in [-0.4, -0.2) is 4.57 Å². The van der Waals surface area contributed by atoms with Gasteiger partial charge < -0.3 is 4.57 Å². The maximum Gasteiger partial charge on any atom is 0.0222 e. The van der Waals surface area contributed by atoms with E-state index in [0.717, 1.165) is 0 Å². The quantitative estimate of drug-likeness (QED) is 0.670. The largest absolute Gasteiger partial charge is 0.351 e. The SMILES string of the molecule is C[C@H]1CCCn2cc(-c3ccccc3)cc21. The van der Waals surface area contributed by atoms with Crippen molar-refractivity contribution < 1.29 is 0 Å². The van der Waals surface area contributed by atoms with Gasteiger partial charge in [0.05, 0.1) is 0 Å². The number of rotatable bonds is 1. The van der Waals surface area contributed by atoms with Crippen molar-refractivity contribution >= 4 is 0 Å². The Morgan fingerprint density at radius 2 is 1.94 bits per heavy atom. The molecule has 1 heteroatoms. The Balaban J connectivity index is 2.05. The molecule has 0 saturated heterocycles. The maximum absolute atomic E-state index is 2.43. The van der Waals surface area contributed by atoms with Gasteiger partial charge in [-0.05, 0) is 36.0 Å². The van der Waals surface area contributed by atoms with Crippen LogP contribution >= 0.6 is 0 Å². The minimum atomic E-state index is 0.714. The minimum absolute atomic E-state index is 0.714. The van der Waals surface area contributed by atoms with Gasteiger partial charge in [0.25, 0.3) is 0 Å². The van der Waals surface area contributed by atoms with E-state index in [2.05, 4.69) is 54.1 Å². The molecule has 0 bridgehead atoms. The van der Waals surface area contributed by atoms with Crippen molar-refractivity contribution in [2.24, 2.45) is 0 Å². The summed E-state index contributed by atoms with van der Waals surface area (Å²) in [5.41, 5.74) is 4.20. The number of aryl methyl sites for hydroxylation is 1. The van der Waals surface area contributed by atoms with Gasteiger partial charge in [0.2, 0.25) is 0 Å². The molecule has 3 rings (SSSR count). The van der Waals surface area contributed by atoms with Crippen molar-refractivity contribution in [3.05, 3.63) is 48.3 Å². The molecular formula is C15H17N. The van der Waals surface area contributed by atoms with Gasteiger partial charge in [0.15, 0.2) is 0 Å². The maximum atomic E-state index is 2.43. The highest BCUT2D eigenvalue weighted by Gasteiger charge is 2.17. The summed E-state index contributed by atoms with van der Waals surface area (Å²) in [5.74, 6) is 0.714. The second-order valence-electron chi connectivity index (χ2n) is 4.76. The van der Waals surface area contributed by atoms with Crippen molar-refractivity contribution in [3.8, 4) is 11.1 Å². The predicted octanol–water partition coefficient (Wildman–Crippen LogP) is 4.05. The van der Waals surface area contributed by atoms with Crippen LogP contribution in [0.5, 0.6) is 0 Å². The summed E-state index contributed by atoms with van der Waals surface area (Å²) in [7, 11) is 0. The smallest absolute Gasteiger partial charge is 0.0222 e. The van der Waals surface area contributed by atoms with E-state index >= 15 is 0 Å². The Morgan fingerprint density at radius 3 is 2.69 bits per heavy atom. The number of hydrogen-bond acceptors (Lipinski definition) is 0. The van der Waals surface area contributed by atoms with Gasteiger partial charge in [-0.1, -0.05) is 37.3 Å². The number of fused-ring (bicyclic) bond motifs is 1. The Hall–Kier alpha value is -1.50. The van der Waals surface area contributed by atoms with E-state index < -0.39 is 0 Å². The normalized spacial score (nSPS) is 19.4. The molecule has 1 atom stereocenters. The predicted molar refractivity (Wildman–Crippen MR) is 67.5 cm³/mol. The summed E-state index contributed by atoms with van der Waals surface area (Å²) in [6.45, 7) is 3.52. The molecule has 0 fully saturated rings. The first kappa shape index (κ1) is 9.71. The van der Waals surface area contributed by atoms with E-state index in [1.165, 1.54) is 36.2 Å². The van der Waals surface area contributed by atoms with E-state index in [4.69, 9.17) is 0 Å². The van der Waals surface area contributed by atoms with Gasteiger partial charge in [-0.15, -0.1) is 0 Å². The van der Waals surface area contributed by atoms with E-state index in [1.54, 1.807) is 0 Å². The molecule has 2 heterocycles. The molecular weight excluding hydrogens is 194 g/mol. The number of hydrogen-bond donors (Lipinski definition) is 0. The zero-order valence-corrected chi connectivity index (χ0v) is 9.69. The summed E-state index contributed by atoms with van der Waals surface area (Å²) in [6, 6.07) is 13.0. The Morgan fingerprint density at radius 1 is 1.12 bits per heavy atom. The van der Waals surface area contributed by atoms with Crippen molar-refractivity contribution in [1.29, 1.82) is 0 Å². The highest BCUT2D eigenvalue weighted by Crippen LogP contribution is 2.32. The Kier molecular flexibility index (Phi) is 2.32. The first-order valence-corrected chi connectivity index (χ1v) is 6.10. The summed E-state index contributed by atoms with van der Waals surface area (Å²) in [6.07, 6.45) is 4.95. The van der Waals surface area contributed by atoms with Crippen molar-refractivity contribution in [2.75, 3.05) is 0 Å². The molecule has 0 radical (unpaired) electrons. The van der Waals surface area contributed by atoms with Crippen LogP contribution in [0.2, 0.25) is 0 Å². The van der Waals surface area contributed by atoms with Crippen molar-refractivity contribution in [1.82, 2.24) is 4.57 Å². The zero-order valence-electron chi connectivity index (χ0n) is 9.69. The molecule has 2 aromatic rings. The van der Waals surface area contributed by atoms with Crippen LogP contribution in [-0.2, 0) is 6.54 Å². The van der Waals surface area contributed by atoms with Gasteiger partial charge in [-0.3, -0.25) is 0 Å². The third-order valence-corrected chi connectivity index (χ3v) is 3.58. The number of aromatic nitrogens is 1. The van der Waals surface area contributed by atoms with Crippen LogP contribution in [0.15, 0.2) is 42.6 Å². The van der Waals surface area contributed by atoms with Gasteiger partial charge >= 0.3 is 0 Å². The molecule has 0 aliphatic carbocycles. The van der Waals surface area contributed by atoms with Crippen LogP contribution in [0.25, 0.3) is 11.1 Å². The second kappa shape index (κ2) is 3.82. The van der Waals surface area contributed by atoms with E-state index in [1.807, 2.05) is 0 Å². The lowest BCUT2D eigenvalue weighted by atomic mass is 9.98. The molecule has 1 aliphatic rings. The van der Waals surface area contributed by atoms with Crippen LogP contribution in [0.3, 0.4) is 0 Å². The van der Waals surface area contributed by atoms with Gasteiger partial charge in [-0.2, -0.15) is 0 Å². The first-order valence-electron chi connectivity index (χ1n) is 6.10. The molecule has 1 aromatic heterocycles. The van der Waals surface area contributed by atoms with Crippen LogP contribution in [0.4, 0.5) is 0 Å². The molecule has 0 spiro atoms. The van der Waals surface area contributed by atoms with Crippen LogP contribution in [0, 0.1) is 0 Å². The fraction of sp³-hybridized carbons (Fsp3) is 0.333. The summed E-state index contributed by atoms with van der Waals surface area (Å²) in [5, 5.41) is 0. The summed E-state index contributed by atoms with van der Waals surface area (Å²) < 4.78 is 2.43. The lowest BCUT2D eigenvalue weighted by Crippen LogP contribution is -2.11. The topological polar surface area (TPSA) is 4.93 Å². The molecule has 1 aliphatic heterocycles. The molecule has 1 nitrogen and oxygen atoms in total. The fourth-order valence-corrected chi connectivity index (χ4v) is 2.65. The number of benzene rings is 1. The Labute approximate surface area is 96.7 Å². The van der Waals surface area contributed by atoms with E-state index in [0.29, 0.717) is 5.92 Å². The van der Waals surface area contributed by atoms with Crippen LogP contribution < -0.4 is 0 Å². The highest BCUT2D eigenvalue weighted by atomic mass is 15.0. The lowest BCUT2D eigenvalue weighted by molar-refractivity contribution is 0.475. The standard InChI is InChI=1S/C15H17N/c1-12-6-5-9-16-11-14(10-15(12)16)13-7-3-2-4-8-13/h2-4,7-8,10-12H,5-6,9H2,1H3/t12-/m0/s1. The molecule has 1 aromatic carbocycles. The second-order valence-corrected chi connectivity index (χ2v) is 4.76. The first-order chi connectivity index (χ1) is 7.84. The third kappa shape index (κ3) is 1.57. The molecule has 0 saturated carbocycles. The van der Waals surface area contributed by atoms with Crippen LogP contribution in [0.1, 0.15) is 31.4 Å². The monoisotopic (exact) mass is 211 g/mol. The fourth-order valence-electron chi connectivity index (χ4n) is 2.65. The van der Waals surface area contributed by atoms with Gasteiger partial charge in [0, 0.05) is 18.4 Å². The van der Waals surface area contributed by atoms with E-state index in [-0.39, 0.29) is 0 Å². The summed E-state index contributed by atoms with van der Waals surface area (Å²) >= 11 is 0. The molecule has 0 N–H and O–H groups in total. The average Bonchev–Trinajstić information content (AvgIpc) is 2.76. The summed E-state index contributed by atoms with van der Waals surface area (Å²) in [4.78, 5) is 0. The third-order valence-electron chi connectivity index (χ3n) is 3.58. The zero-order chi connectivity index (χ0) is 11.0. The van der Waals surface area contributed by atoms with Gasteiger partial charge in [0.1, 0.15) is 0 Å². The minimum Gasteiger partial charge on any atom is -0.351 e. The van der Waals surface area contributed by atoms with Crippen molar-refractivity contribution in [3.63, 3.8) is 0 Å². The molecule has 16 heavy (non-hydrogen) atoms. The van der Waals surface area contributed by atoms with Gasteiger partial charge in [-0.25, -0.2) is 0 Å². The molecule has 82 valence electrons. The highest BCUT2D eigenvalue weighted by molar-refractivity contribution is 5.63. The number of nitrogens with zero attached hydrogens (tertiary/aromatic N) is 1. The average molecular weight is 211 g/mol. The molecule has 0 unspecified atom stereocenters.